The summed E-state index contributed by atoms with van der Waals surface area (Å²) in [5.41, 5.74) is 0.247. The fraction of sp³-hybridized carbons (Fsp3) is 0.833. The van der Waals surface area contributed by atoms with Crippen LogP contribution in [0.15, 0.2) is 11.3 Å². The van der Waals surface area contributed by atoms with Crippen LogP contribution < -0.4 is 0 Å². The summed E-state index contributed by atoms with van der Waals surface area (Å²) in [5, 5.41) is 40.0. The van der Waals surface area contributed by atoms with Crippen molar-refractivity contribution in [2.45, 2.75) is 84.0 Å². The van der Waals surface area contributed by atoms with E-state index in [4.69, 9.17) is 14.2 Å². The molecular formula is C18H30O8. The van der Waals surface area contributed by atoms with E-state index in [1.165, 1.54) is 0 Å². The summed E-state index contributed by atoms with van der Waals surface area (Å²) in [4.78, 5) is 12.2. The molecule has 4 N–H and O–H groups in total. The van der Waals surface area contributed by atoms with Crippen molar-refractivity contribution in [2.75, 3.05) is 0 Å². The molecule has 0 saturated carbocycles. The van der Waals surface area contributed by atoms with Crippen LogP contribution in [0.4, 0.5) is 0 Å². The third kappa shape index (κ3) is 4.20. The molecule has 0 aromatic heterocycles. The molecule has 2 heterocycles. The summed E-state index contributed by atoms with van der Waals surface area (Å²) in [6.45, 7) is 8.65. The molecule has 1 fully saturated rings. The zero-order valence-corrected chi connectivity index (χ0v) is 15.8. The highest BCUT2D eigenvalue weighted by molar-refractivity contribution is 5.89. The lowest BCUT2D eigenvalue weighted by atomic mass is 9.87. The number of hydrogen-bond donors (Lipinski definition) is 4. The van der Waals surface area contributed by atoms with Crippen LogP contribution in [0.2, 0.25) is 0 Å². The Balaban J connectivity index is 2.14. The highest BCUT2D eigenvalue weighted by atomic mass is 16.7. The van der Waals surface area contributed by atoms with Gasteiger partial charge in [-0.05, 0) is 19.8 Å². The minimum absolute atomic E-state index is 0.000979. The van der Waals surface area contributed by atoms with Gasteiger partial charge in [0, 0.05) is 12.3 Å². The van der Waals surface area contributed by atoms with E-state index in [0.29, 0.717) is 0 Å². The Morgan fingerprint density at radius 1 is 1.12 bits per heavy atom. The zero-order chi connectivity index (χ0) is 19.8. The van der Waals surface area contributed by atoms with Crippen molar-refractivity contribution in [1.82, 2.24) is 0 Å². The van der Waals surface area contributed by atoms with Gasteiger partial charge in [-0.15, -0.1) is 0 Å². The van der Waals surface area contributed by atoms with Gasteiger partial charge in [-0.2, -0.15) is 0 Å². The summed E-state index contributed by atoms with van der Waals surface area (Å²) >= 11 is 0. The van der Waals surface area contributed by atoms with Crippen molar-refractivity contribution >= 4 is 5.97 Å². The molecule has 8 atom stereocenters. The van der Waals surface area contributed by atoms with Crippen molar-refractivity contribution < 1.29 is 39.4 Å². The van der Waals surface area contributed by atoms with E-state index >= 15 is 0 Å². The Labute approximate surface area is 153 Å². The van der Waals surface area contributed by atoms with Crippen molar-refractivity contribution in [3.63, 3.8) is 0 Å². The number of ether oxygens (including phenoxy) is 3. The molecule has 0 radical (unpaired) electrons. The molecule has 0 aromatic carbocycles. The Morgan fingerprint density at radius 2 is 1.73 bits per heavy atom. The molecule has 0 amide bonds. The van der Waals surface area contributed by atoms with Gasteiger partial charge in [-0.25, -0.2) is 4.79 Å². The van der Waals surface area contributed by atoms with Gasteiger partial charge in [0.2, 0.25) is 6.29 Å². The van der Waals surface area contributed by atoms with Gasteiger partial charge in [0.05, 0.1) is 17.8 Å². The molecule has 0 bridgehead atoms. The Kier molecular flexibility index (Phi) is 6.68. The van der Waals surface area contributed by atoms with Gasteiger partial charge < -0.3 is 34.6 Å². The fourth-order valence-electron chi connectivity index (χ4n) is 3.22. The zero-order valence-electron chi connectivity index (χ0n) is 15.8. The first-order chi connectivity index (χ1) is 12.0. The molecule has 2 rings (SSSR count). The maximum absolute atomic E-state index is 12.2. The SMILES string of the molecule is CC1=C(OC2O[C@@H](C)[C@H](O)[C@@H](O)[C@H]2O)CC(C(C)C(O)C(C)C)OC1=O. The van der Waals surface area contributed by atoms with E-state index < -0.39 is 48.9 Å². The van der Waals surface area contributed by atoms with E-state index in [1.807, 2.05) is 13.8 Å². The average molecular weight is 374 g/mol. The second-order valence-corrected chi connectivity index (χ2v) is 7.59. The predicted molar refractivity (Wildman–Crippen MR) is 90.6 cm³/mol. The van der Waals surface area contributed by atoms with Crippen LogP contribution in [0.5, 0.6) is 0 Å². The van der Waals surface area contributed by atoms with Crippen LogP contribution in [0, 0.1) is 11.8 Å². The highest BCUT2D eigenvalue weighted by Gasteiger charge is 2.44. The van der Waals surface area contributed by atoms with Gasteiger partial charge in [-0.3, -0.25) is 0 Å². The molecule has 1 saturated heterocycles. The number of rotatable bonds is 5. The monoisotopic (exact) mass is 374 g/mol. The van der Waals surface area contributed by atoms with E-state index in [-0.39, 0.29) is 29.6 Å². The number of hydrogen-bond acceptors (Lipinski definition) is 8. The minimum atomic E-state index is -1.46. The maximum Gasteiger partial charge on any atom is 0.337 e. The maximum atomic E-state index is 12.2. The number of esters is 1. The fourth-order valence-corrected chi connectivity index (χ4v) is 3.22. The first-order valence-electron chi connectivity index (χ1n) is 8.99. The molecular weight excluding hydrogens is 344 g/mol. The highest BCUT2D eigenvalue weighted by Crippen LogP contribution is 2.32. The van der Waals surface area contributed by atoms with Crippen molar-refractivity contribution in [1.29, 1.82) is 0 Å². The molecule has 2 aliphatic heterocycles. The number of aliphatic hydroxyl groups excluding tert-OH is 4. The standard InChI is InChI=1S/C18H30O8/c1-7(2)13(19)8(3)11-6-12(9(4)17(23)25-11)26-18-16(22)15(21)14(20)10(5)24-18/h7-8,10-11,13-16,18-22H,6H2,1-5H3/t8?,10-,11?,13?,14-,15+,16+,18?/m0/s1. The molecule has 0 aliphatic carbocycles. The van der Waals surface area contributed by atoms with Gasteiger partial charge in [0.1, 0.15) is 30.2 Å². The van der Waals surface area contributed by atoms with E-state index in [0.717, 1.165) is 0 Å². The van der Waals surface area contributed by atoms with Crippen LogP contribution in [0.25, 0.3) is 0 Å². The van der Waals surface area contributed by atoms with Gasteiger partial charge >= 0.3 is 5.97 Å². The summed E-state index contributed by atoms with van der Waals surface area (Å²) < 4.78 is 16.5. The second kappa shape index (κ2) is 8.22. The minimum Gasteiger partial charge on any atom is -0.466 e. The van der Waals surface area contributed by atoms with Crippen LogP contribution >= 0.6 is 0 Å². The van der Waals surface area contributed by atoms with Gasteiger partial charge in [0.15, 0.2) is 0 Å². The first-order valence-corrected chi connectivity index (χ1v) is 8.99. The predicted octanol–water partition coefficient (Wildman–Crippen LogP) is 0.0730. The molecule has 8 nitrogen and oxygen atoms in total. The Bertz CT molecular complexity index is 545. The van der Waals surface area contributed by atoms with Gasteiger partial charge in [-0.1, -0.05) is 20.8 Å². The van der Waals surface area contributed by atoms with E-state index in [1.54, 1.807) is 20.8 Å². The lowest BCUT2D eigenvalue weighted by Gasteiger charge is -2.40. The van der Waals surface area contributed by atoms with E-state index in [2.05, 4.69) is 0 Å². The van der Waals surface area contributed by atoms with E-state index in [9.17, 15) is 25.2 Å². The number of cyclic esters (lactones) is 1. The third-order valence-corrected chi connectivity index (χ3v) is 5.24. The van der Waals surface area contributed by atoms with Crippen LogP contribution in [-0.4, -0.2) is 69.3 Å². The number of carbonyl (C=O) groups is 1. The summed E-state index contributed by atoms with van der Waals surface area (Å²) in [6, 6.07) is 0. The third-order valence-electron chi connectivity index (χ3n) is 5.24. The first kappa shape index (κ1) is 21.1. The topological polar surface area (TPSA) is 126 Å². The Hall–Kier alpha value is -1.19. The lowest BCUT2D eigenvalue weighted by Crippen LogP contribution is -2.57. The molecule has 150 valence electrons. The molecule has 2 aliphatic rings. The summed E-state index contributed by atoms with van der Waals surface area (Å²) in [6.07, 6.45) is -7.08. The van der Waals surface area contributed by atoms with Crippen LogP contribution in [0.3, 0.4) is 0 Å². The smallest absolute Gasteiger partial charge is 0.337 e. The summed E-state index contributed by atoms with van der Waals surface area (Å²) in [5.74, 6) is -0.581. The summed E-state index contributed by atoms with van der Waals surface area (Å²) in [7, 11) is 0. The molecule has 0 aromatic rings. The molecule has 26 heavy (non-hydrogen) atoms. The second-order valence-electron chi connectivity index (χ2n) is 7.59. The van der Waals surface area contributed by atoms with Crippen LogP contribution in [0.1, 0.15) is 41.0 Å². The largest absolute Gasteiger partial charge is 0.466 e. The van der Waals surface area contributed by atoms with Crippen molar-refractivity contribution in [3.05, 3.63) is 11.3 Å². The number of aliphatic hydroxyl groups is 4. The van der Waals surface area contributed by atoms with Crippen LogP contribution in [-0.2, 0) is 19.0 Å². The quantitative estimate of drug-likeness (QED) is 0.498. The van der Waals surface area contributed by atoms with Crippen molar-refractivity contribution in [3.8, 4) is 0 Å². The molecule has 4 unspecified atom stereocenters. The van der Waals surface area contributed by atoms with Crippen molar-refractivity contribution in [2.24, 2.45) is 11.8 Å². The molecule has 8 heteroatoms. The Morgan fingerprint density at radius 3 is 2.31 bits per heavy atom. The molecule has 0 spiro atoms. The van der Waals surface area contributed by atoms with Gasteiger partial charge in [0.25, 0.3) is 0 Å². The lowest BCUT2D eigenvalue weighted by molar-refractivity contribution is -0.284. The average Bonchev–Trinajstić information content (AvgIpc) is 2.59. The number of carbonyl (C=O) groups excluding carboxylic acids is 1. The normalized spacial score (nSPS) is 38.2.